The smallest absolute Gasteiger partial charge is 0.269 e. The van der Waals surface area contributed by atoms with Crippen LogP contribution in [0.25, 0.3) is 6.08 Å². The van der Waals surface area contributed by atoms with Gasteiger partial charge < -0.3 is 10.4 Å². The molecule has 6 nitrogen and oxygen atoms in total. The Morgan fingerprint density at radius 1 is 1.26 bits per heavy atom. The molecule has 124 valence electrons. The number of nitrogens with zero attached hydrogens (tertiary/aromatic N) is 1. The Morgan fingerprint density at radius 2 is 1.96 bits per heavy atom. The summed E-state index contributed by atoms with van der Waals surface area (Å²) in [5.74, 6) is -0.0806. The average molecular weight is 318 g/mol. The van der Waals surface area contributed by atoms with Gasteiger partial charge in [0.1, 0.15) is 0 Å². The standard InChI is InChI=1S/C17H22N2O4/c20-12-14-4-2-1-3-5-16(14)18-17(21)11-8-13-6-9-15(10-7-13)19(22)23/h6-11,14,16,20H,1-5,12H2,(H,18,21)/b11-8+. The number of aliphatic hydroxyl groups is 1. The Hall–Kier alpha value is -2.21. The monoisotopic (exact) mass is 318 g/mol. The van der Waals surface area contributed by atoms with Gasteiger partial charge in [-0.15, -0.1) is 0 Å². The van der Waals surface area contributed by atoms with Gasteiger partial charge in [0.2, 0.25) is 5.91 Å². The lowest BCUT2D eigenvalue weighted by Gasteiger charge is -2.23. The van der Waals surface area contributed by atoms with E-state index >= 15 is 0 Å². The molecule has 1 aliphatic rings. The Kier molecular flexibility index (Phi) is 6.29. The maximum absolute atomic E-state index is 12.0. The maximum atomic E-state index is 12.0. The number of hydrogen-bond acceptors (Lipinski definition) is 4. The van der Waals surface area contributed by atoms with E-state index < -0.39 is 4.92 Å². The summed E-state index contributed by atoms with van der Waals surface area (Å²) in [6, 6.07) is 6.03. The molecule has 0 aliphatic heterocycles. The number of carbonyl (C=O) groups excluding carboxylic acids is 1. The highest BCUT2D eigenvalue weighted by atomic mass is 16.6. The predicted octanol–water partition coefficient (Wildman–Crippen LogP) is 2.67. The molecule has 0 aromatic heterocycles. The molecule has 2 N–H and O–H groups in total. The molecule has 1 aliphatic carbocycles. The molecule has 1 aromatic carbocycles. The van der Waals surface area contributed by atoms with Crippen LogP contribution < -0.4 is 5.32 Å². The van der Waals surface area contributed by atoms with Crippen molar-refractivity contribution < 1.29 is 14.8 Å². The number of carbonyl (C=O) groups is 1. The van der Waals surface area contributed by atoms with Gasteiger partial charge in [0.25, 0.3) is 5.69 Å². The normalized spacial score (nSPS) is 21.8. The molecule has 2 unspecified atom stereocenters. The van der Waals surface area contributed by atoms with Crippen LogP contribution in [-0.4, -0.2) is 28.6 Å². The number of non-ortho nitro benzene ring substituents is 1. The van der Waals surface area contributed by atoms with Crippen LogP contribution in [0.3, 0.4) is 0 Å². The van der Waals surface area contributed by atoms with Gasteiger partial charge in [-0.3, -0.25) is 14.9 Å². The zero-order chi connectivity index (χ0) is 16.7. The second-order valence-electron chi connectivity index (χ2n) is 5.88. The lowest BCUT2D eigenvalue weighted by atomic mass is 9.95. The summed E-state index contributed by atoms with van der Waals surface area (Å²) in [7, 11) is 0. The first kappa shape index (κ1) is 17.1. The summed E-state index contributed by atoms with van der Waals surface area (Å²) in [6.45, 7) is 0.0943. The zero-order valence-electron chi connectivity index (χ0n) is 13.0. The molecule has 0 saturated heterocycles. The van der Waals surface area contributed by atoms with E-state index in [0.717, 1.165) is 37.7 Å². The molecular weight excluding hydrogens is 296 g/mol. The summed E-state index contributed by atoms with van der Waals surface area (Å²) in [4.78, 5) is 22.2. The van der Waals surface area contributed by atoms with Crippen molar-refractivity contribution in [2.75, 3.05) is 6.61 Å². The first-order valence-corrected chi connectivity index (χ1v) is 7.94. The van der Waals surface area contributed by atoms with Crippen LogP contribution >= 0.6 is 0 Å². The van der Waals surface area contributed by atoms with E-state index in [1.165, 1.54) is 18.2 Å². The summed E-state index contributed by atoms with van der Waals surface area (Å²) < 4.78 is 0. The van der Waals surface area contributed by atoms with Gasteiger partial charge in [-0.05, 0) is 36.6 Å². The maximum Gasteiger partial charge on any atom is 0.269 e. The molecule has 6 heteroatoms. The molecule has 1 fully saturated rings. The Labute approximate surface area is 135 Å². The Balaban J connectivity index is 1.93. The van der Waals surface area contributed by atoms with Crippen molar-refractivity contribution in [1.82, 2.24) is 5.32 Å². The number of rotatable bonds is 5. The second-order valence-corrected chi connectivity index (χ2v) is 5.88. The van der Waals surface area contributed by atoms with Gasteiger partial charge in [-0.1, -0.05) is 19.3 Å². The topological polar surface area (TPSA) is 92.5 Å². The third kappa shape index (κ3) is 5.17. The van der Waals surface area contributed by atoms with Crippen LogP contribution in [0.1, 0.15) is 37.7 Å². The van der Waals surface area contributed by atoms with E-state index in [1.54, 1.807) is 18.2 Å². The minimum absolute atomic E-state index is 0.0107. The van der Waals surface area contributed by atoms with Gasteiger partial charge in [-0.2, -0.15) is 0 Å². The van der Waals surface area contributed by atoms with Gasteiger partial charge in [0.15, 0.2) is 0 Å². The molecule has 23 heavy (non-hydrogen) atoms. The fourth-order valence-electron chi connectivity index (χ4n) is 2.90. The van der Waals surface area contributed by atoms with Crippen molar-refractivity contribution in [2.45, 2.75) is 38.1 Å². The summed E-state index contributed by atoms with van der Waals surface area (Å²) in [5.41, 5.74) is 0.751. The summed E-state index contributed by atoms with van der Waals surface area (Å²) >= 11 is 0. The van der Waals surface area contributed by atoms with Crippen molar-refractivity contribution in [3.63, 3.8) is 0 Å². The van der Waals surface area contributed by atoms with Crippen LogP contribution in [0.15, 0.2) is 30.3 Å². The Morgan fingerprint density at radius 3 is 2.61 bits per heavy atom. The van der Waals surface area contributed by atoms with Gasteiger partial charge in [0.05, 0.1) is 4.92 Å². The molecule has 0 bridgehead atoms. The van der Waals surface area contributed by atoms with Crippen molar-refractivity contribution >= 4 is 17.7 Å². The number of nitrogens with one attached hydrogen (secondary N) is 1. The van der Waals surface area contributed by atoms with Crippen LogP contribution in [-0.2, 0) is 4.79 Å². The predicted molar refractivity (Wildman–Crippen MR) is 87.7 cm³/mol. The van der Waals surface area contributed by atoms with Crippen molar-refractivity contribution in [3.05, 3.63) is 46.0 Å². The molecule has 0 heterocycles. The van der Waals surface area contributed by atoms with Crippen LogP contribution in [0.5, 0.6) is 0 Å². The number of hydrogen-bond donors (Lipinski definition) is 2. The quantitative estimate of drug-likeness (QED) is 0.378. The van der Waals surface area contributed by atoms with E-state index in [0.29, 0.717) is 0 Å². The van der Waals surface area contributed by atoms with Crippen molar-refractivity contribution in [3.8, 4) is 0 Å². The number of benzene rings is 1. The number of nitro benzene ring substituents is 1. The highest BCUT2D eigenvalue weighted by Crippen LogP contribution is 2.23. The van der Waals surface area contributed by atoms with Gasteiger partial charge >= 0.3 is 0 Å². The molecule has 2 rings (SSSR count). The average Bonchev–Trinajstić information content (AvgIpc) is 2.78. The van der Waals surface area contributed by atoms with Gasteiger partial charge in [0, 0.05) is 36.8 Å². The van der Waals surface area contributed by atoms with E-state index in [1.807, 2.05) is 0 Å². The minimum Gasteiger partial charge on any atom is -0.396 e. The molecule has 2 atom stereocenters. The fraction of sp³-hybridized carbons (Fsp3) is 0.471. The minimum atomic E-state index is -0.457. The van der Waals surface area contributed by atoms with Crippen molar-refractivity contribution in [1.29, 1.82) is 0 Å². The lowest BCUT2D eigenvalue weighted by molar-refractivity contribution is -0.384. The SMILES string of the molecule is O=C(/C=C/c1ccc([N+](=O)[O-])cc1)NC1CCCCCC1CO. The molecule has 1 aromatic rings. The number of aliphatic hydroxyl groups excluding tert-OH is 1. The first-order chi connectivity index (χ1) is 11.1. The third-order valence-corrected chi connectivity index (χ3v) is 4.25. The largest absolute Gasteiger partial charge is 0.396 e. The van der Waals surface area contributed by atoms with Crippen LogP contribution in [0.2, 0.25) is 0 Å². The molecular formula is C17H22N2O4. The van der Waals surface area contributed by atoms with E-state index in [2.05, 4.69) is 5.32 Å². The summed E-state index contributed by atoms with van der Waals surface area (Å²) in [5, 5.41) is 23.0. The molecule has 1 amide bonds. The molecule has 0 spiro atoms. The number of nitro groups is 1. The molecule has 0 radical (unpaired) electrons. The second kappa shape index (κ2) is 8.43. The van der Waals surface area contributed by atoms with Crippen molar-refractivity contribution in [2.24, 2.45) is 5.92 Å². The Bertz CT molecular complexity index is 568. The van der Waals surface area contributed by atoms with Crippen LogP contribution in [0, 0.1) is 16.0 Å². The highest BCUT2D eigenvalue weighted by molar-refractivity contribution is 5.91. The fourth-order valence-corrected chi connectivity index (χ4v) is 2.90. The third-order valence-electron chi connectivity index (χ3n) is 4.25. The number of amides is 1. The molecule has 1 saturated carbocycles. The first-order valence-electron chi connectivity index (χ1n) is 7.94. The summed E-state index contributed by atoms with van der Waals surface area (Å²) in [6.07, 6.45) is 8.19. The van der Waals surface area contributed by atoms with E-state index in [-0.39, 0.29) is 30.2 Å². The zero-order valence-corrected chi connectivity index (χ0v) is 13.0. The van der Waals surface area contributed by atoms with Gasteiger partial charge in [-0.25, -0.2) is 0 Å². The lowest BCUT2D eigenvalue weighted by Crippen LogP contribution is -2.40. The highest BCUT2D eigenvalue weighted by Gasteiger charge is 2.23. The van der Waals surface area contributed by atoms with E-state index in [9.17, 15) is 20.0 Å². The van der Waals surface area contributed by atoms with Crippen LogP contribution in [0.4, 0.5) is 5.69 Å². The van der Waals surface area contributed by atoms with E-state index in [4.69, 9.17) is 0 Å².